The van der Waals surface area contributed by atoms with E-state index in [2.05, 4.69) is 447 Å². The van der Waals surface area contributed by atoms with Crippen molar-refractivity contribution in [1.82, 2.24) is 14.3 Å². The van der Waals surface area contributed by atoms with Gasteiger partial charge in [0.1, 0.15) is 28.5 Å². The van der Waals surface area contributed by atoms with Crippen LogP contribution in [0.2, 0.25) is 0 Å². The predicted octanol–water partition coefficient (Wildman–Crippen LogP) is 2.56. The van der Waals surface area contributed by atoms with Crippen molar-refractivity contribution in [2.75, 3.05) is 46.1 Å². The average Bonchev–Trinajstić information content (AvgIpc) is 3.33. The number of amides is 3. The van der Waals surface area contributed by atoms with E-state index >= 15 is 0 Å². The van der Waals surface area contributed by atoms with Crippen molar-refractivity contribution in [3.8, 4) is 0 Å². The minimum absolute atomic E-state index is 0.00696. The lowest BCUT2D eigenvalue weighted by atomic mass is 8.82. The van der Waals surface area contributed by atoms with E-state index in [1.807, 2.05) is 0 Å². The Kier molecular flexibility index (Phi) is 53.0. The number of carbonyl (C=O) groups is 3. The maximum atomic E-state index is 13.9. The molecule has 0 spiro atoms. The molecule has 0 saturated carbocycles. The molecule has 7 N–H and O–H groups in total. The van der Waals surface area contributed by atoms with Gasteiger partial charge in [0.2, 0.25) is 39.7 Å². The van der Waals surface area contributed by atoms with Gasteiger partial charge in [-0.05, 0) is 0 Å². The number of aliphatic hydroxyl groups is 7. The highest BCUT2D eigenvalue weighted by Gasteiger charge is 2.59. The van der Waals surface area contributed by atoms with Crippen LogP contribution >= 0.6 is 447 Å². The lowest BCUT2D eigenvalue weighted by molar-refractivity contribution is -0.131. The summed E-state index contributed by atoms with van der Waals surface area (Å²) in [6.45, 7) is -4.50. The van der Waals surface area contributed by atoms with E-state index < -0.39 is 76.2 Å². The highest BCUT2D eigenvalue weighted by Crippen LogP contribution is 2.34. The molecule has 0 aliphatic heterocycles. The average molecular weight is 3170 g/mol. The molecule has 69 heavy (non-hydrogen) atoms. The number of halogens is 20. The molecular formula is C12H23B24I20N3O10. The second-order valence-electron chi connectivity index (χ2n) is 14.8. The second-order valence-corrected chi connectivity index (χ2v) is 43.2. The Morgan fingerprint density at radius 3 is 0.797 bits per heavy atom. The molecule has 0 heterocycles. The highest BCUT2D eigenvalue weighted by atomic mass is 127. The maximum absolute atomic E-state index is 13.9. The fourth-order valence-electron chi connectivity index (χ4n) is 6.18. The van der Waals surface area contributed by atoms with Crippen LogP contribution in [0.1, 0.15) is 0 Å². The van der Waals surface area contributed by atoms with Crippen LogP contribution in [0, 0.1) is 0 Å². The fraction of sp³-hybridized carbons (Fsp3) is 0.750. The van der Waals surface area contributed by atoms with Crippen molar-refractivity contribution in [3.05, 3.63) is 0 Å². The Bertz CT molecular complexity index is 1460. The summed E-state index contributed by atoms with van der Waals surface area (Å²) in [4.78, 5) is 43.9. The first-order chi connectivity index (χ1) is 31.8. The summed E-state index contributed by atoms with van der Waals surface area (Å²) >= 11 is 47.5. The van der Waals surface area contributed by atoms with Gasteiger partial charge in [-0.3, -0.25) is 14.4 Å². The van der Waals surface area contributed by atoms with Gasteiger partial charge < -0.3 is 50.1 Å². The molecule has 2 unspecified atom stereocenters. The van der Waals surface area contributed by atoms with Crippen molar-refractivity contribution in [2.24, 2.45) is 0 Å². The molecule has 0 fully saturated rings. The zero-order chi connectivity index (χ0) is 54.3. The van der Waals surface area contributed by atoms with Crippen molar-refractivity contribution < 1.29 is 50.1 Å². The second kappa shape index (κ2) is 43.9. The molecule has 0 aromatic rings. The first kappa shape index (κ1) is 83.3. The Morgan fingerprint density at radius 1 is 0.362 bits per heavy atom. The van der Waals surface area contributed by atoms with E-state index in [9.17, 15) is 50.1 Å². The number of aliphatic hydroxyl groups excluding tert-OH is 7. The van der Waals surface area contributed by atoms with Crippen LogP contribution in [-0.2, 0) is 14.4 Å². The Labute approximate surface area is 686 Å². The van der Waals surface area contributed by atoms with E-state index in [1.54, 1.807) is 4.72 Å². The molecule has 13 nitrogen and oxygen atoms in total. The van der Waals surface area contributed by atoms with Gasteiger partial charge in [0.15, 0.2) is 60.9 Å². The molecule has 0 aliphatic carbocycles. The summed E-state index contributed by atoms with van der Waals surface area (Å²) in [5, 5.41) is 71.6. The molecule has 57 heteroatoms. The maximum Gasteiger partial charge on any atom is 0.284 e. The predicted molar refractivity (Wildman–Crippen MR) is 496 cm³/mol. The lowest BCUT2D eigenvalue weighted by Crippen LogP contribution is -2.72. The number of carbonyl (C=O) groups excluding carboxylic acids is 3. The highest BCUT2D eigenvalue weighted by molar-refractivity contribution is 14.2. The van der Waals surface area contributed by atoms with E-state index in [-0.39, 0.29) is 101 Å². The minimum atomic E-state index is -1.20. The van der Waals surface area contributed by atoms with Crippen LogP contribution in [0.25, 0.3) is 0 Å². The molecule has 0 bridgehead atoms. The Balaban J connectivity index is 7.02. The van der Waals surface area contributed by atoms with Crippen LogP contribution in [0.3, 0.4) is 0 Å². The first-order valence-corrected chi connectivity index (χ1v) is 44.3. The van der Waals surface area contributed by atoms with Gasteiger partial charge >= 0.3 is 0 Å². The van der Waals surface area contributed by atoms with Gasteiger partial charge in [-0.2, -0.15) is 403 Å². The van der Waals surface area contributed by atoms with E-state index in [1.165, 1.54) is 9.62 Å². The summed E-state index contributed by atoms with van der Waals surface area (Å²) in [6, 6.07) is 0. The fourth-order valence-corrected chi connectivity index (χ4v) is 35.6. The number of hydrogen-bond donors (Lipinski definition) is 7. The summed E-state index contributed by atoms with van der Waals surface area (Å²) < 4.78 is -0.451. The monoisotopic (exact) mass is 3170 g/mol. The van der Waals surface area contributed by atoms with Gasteiger partial charge in [-0.15, -0.1) is 44.7 Å². The van der Waals surface area contributed by atoms with Crippen molar-refractivity contribution in [1.29, 1.82) is 0 Å². The van der Waals surface area contributed by atoms with Crippen molar-refractivity contribution in [3.63, 3.8) is 0 Å². The standard InChI is InChI=1S/C12H23B24I20N3O10/c13-15(37)17(39)19(41)27(49)33(57(10(67)5-62)1-8(65)3-60)29(51)23(45)21(43)25(47)31(53)35(55)59(12(69)7-64)36(56)32(54)26(48)22(44)24(46)30(52)34(28(50)20(42)18(40)16(14)38)58(11(68)6-63)2-9(66)4-61/h8-9,60-66H,1-7H2. The third kappa shape index (κ3) is 27.0. The number of rotatable bonds is 33. The smallest absolute Gasteiger partial charge is 0.284 e. The van der Waals surface area contributed by atoms with Crippen molar-refractivity contribution in [2.45, 2.75) is 12.2 Å². The summed E-state index contributed by atoms with van der Waals surface area (Å²) in [5.74, 6) is -1.49. The van der Waals surface area contributed by atoms with Crippen molar-refractivity contribution >= 4 is 581 Å². The largest absolute Gasteiger partial charge is 0.423 e. The lowest BCUT2D eigenvalue weighted by Gasteiger charge is -2.39. The van der Waals surface area contributed by atoms with Gasteiger partial charge in [0.25, 0.3) is 9.19 Å². The molecular weight excluding hydrogens is 3140 g/mol. The minimum Gasteiger partial charge on any atom is -0.423 e. The third-order valence-electron chi connectivity index (χ3n) is 9.91. The molecule has 3 amide bonds. The quantitative estimate of drug-likeness (QED) is 0.0379. The number of hydrogen-bond acceptors (Lipinski definition) is 10. The van der Waals surface area contributed by atoms with E-state index in [0.29, 0.717) is 0 Å². The molecule has 4 radical (unpaired) electrons. The first-order valence-electron chi connectivity index (χ1n) is 19.4. The zero-order valence-electron chi connectivity index (χ0n) is 34.7. The van der Waals surface area contributed by atoms with Gasteiger partial charge in [-0.1, -0.05) is 0 Å². The van der Waals surface area contributed by atoms with Gasteiger partial charge in [-0.25, -0.2) is 0 Å². The number of nitrogens with zero attached hydrogens (tertiary/aromatic N) is 3. The van der Waals surface area contributed by atoms with Crippen LogP contribution in [0.4, 0.5) is 0 Å². The summed E-state index contributed by atoms with van der Waals surface area (Å²) in [6.07, 6.45) is -2.41. The van der Waals surface area contributed by atoms with E-state index in [4.69, 9.17) is 15.5 Å². The van der Waals surface area contributed by atoms with Gasteiger partial charge in [0, 0.05) is 28.6 Å². The zero-order valence-corrected chi connectivity index (χ0v) is 77.9. The van der Waals surface area contributed by atoms with Crippen LogP contribution < -0.4 is 0 Å². The van der Waals surface area contributed by atoms with Crippen LogP contribution in [0.5, 0.6) is 0 Å². The summed E-state index contributed by atoms with van der Waals surface area (Å²) in [7, 11) is 12.7. The molecule has 2 atom stereocenters. The molecule has 0 saturated heterocycles. The van der Waals surface area contributed by atoms with E-state index in [0.717, 1.165) is 0 Å². The molecule has 0 aliphatic rings. The Morgan fingerprint density at radius 2 is 0.580 bits per heavy atom. The summed E-state index contributed by atoms with van der Waals surface area (Å²) in [5.41, 5.74) is 0. The molecule has 0 aromatic carbocycles. The van der Waals surface area contributed by atoms with Crippen LogP contribution in [0.15, 0.2) is 0 Å². The normalized spacial score (nSPS) is 11.4. The Hall–Kier alpha value is 14.3. The topological polar surface area (TPSA) is 203 Å². The molecule has 0 aromatic heterocycles. The van der Waals surface area contributed by atoms with Crippen LogP contribution in [-0.4, -0.2) is 242 Å². The molecule has 0 rings (SSSR count). The molecule has 358 valence electrons. The third-order valence-corrected chi connectivity index (χ3v) is 60.7. The van der Waals surface area contributed by atoms with Gasteiger partial charge in [0.05, 0.1) is 25.4 Å². The SMILES string of the molecule is [B]B(I)B(I)B(I)B(I)B(B(I)B(I)B(I)B(I)B(I)B(I)N(B(I)B(I)B(I)B(I)B(I)B(I)B(B(I)B(I)B(I)B([B])I)N(CC(O)CO)C(=O)CO)C(=O)CO)N(CC(O)CO)C(=O)CO.